The number of hydrogen-bond donors (Lipinski definition) is 0. The van der Waals surface area contributed by atoms with Crippen LogP contribution in [0, 0.1) is 11.8 Å². The van der Waals surface area contributed by atoms with Gasteiger partial charge in [0.1, 0.15) is 0 Å². The molecular weight excluding hydrogens is 310 g/mol. The van der Waals surface area contributed by atoms with Crippen molar-refractivity contribution in [1.82, 2.24) is 0 Å². The highest BCUT2D eigenvalue weighted by atomic mass is 35.8. The topological polar surface area (TPSA) is 9.23 Å². The van der Waals surface area contributed by atoms with Gasteiger partial charge in [0.15, 0.2) is 0 Å². The maximum absolute atomic E-state index is 6.51. The molecule has 92 valence electrons. The molecule has 0 spiro atoms. The van der Waals surface area contributed by atoms with Crippen molar-refractivity contribution in [2.45, 2.75) is 39.8 Å². The highest BCUT2D eigenvalue weighted by molar-refractivity contribution is 7.63. The summed E-state index contributed by atoms with van der Waals surface area (Å²) < 4.78 is 5.59. The molecule has 0 amide bonds. The minimum absolute atomic E-state index is 0.467. The van der Waals surface area contributed by atoms with Crippen LogP contribution in [-0.2, 0) is 4.12 Å². The van der Waals surface area contributed by atoms with Gasteiger partial charge in [0, 0.05) is 0 Å². The molecule has 1 nitrogen and oxygen atoms in total. The molecule has 15 heavy (non-hydrogen) atoms. The maximum atomic E-state index is 6.51. The molecule has 0 aromatic carbocycles. The Morgan fingerprint density at radius 3 is 1.40 bits per heavy atom. The van der Waals surface area contributed by atoms with Gasteiger partial charge in [-0.25, -0.2) is 0 Å². The second-order valence-electron chi connectivity index (χ2n) is 4.63. The summed E-state index contributed by atoms with van der Waals surface area (Å²) in [5.41, 5.74) is 0. The highest BCUT2D eigenvalue weighted by Gasteiger charge is 2.43. The zero-order valence-electron chi connectivity index (χ0n) is 9.49. The van der Waals surface area contributed by atoms with E-state index in [0.717, 1.165) is 12.1 Å². The summed E-state index contributed by atoms with van der Waals surface area (Å²) in [4.78, 5) is 0. The Morgan fingerprint density at radius 2 is 1.20 bits per heavy atom. The van der Waals surface area contributed by atoms with Gasteiger partial charge in [-0.1, -0.05) is 60.9 Å². The van der Waals surface area contributed by atoms with Gasteiger partial charge in [0.05, 0.1) is 0 Å². The van der Waals surface area contributed by atoms with Crippen LogP contribution in [0.5, 0.6) is 0 Å². The monoisotopic (exact) mass is 326 g/mol. The molecule has 0 heterocycles. The lowest BCUT2D eigenvalue weighted by molar-refractivity contribution is 0.542. The van der Waals surface area contributed by atoms with E-state index in [4.69, 9.17) is 48.4 Å². The fourth-order valence-electron chi connectivity index (χ4n) is 1.59. The van der Waals surface area contributed by atoms with Crippen molar-refractivity contribution >= 4 is 58.2 Å². The van der Waals surface area contributed by atoms with Gasteiger partial charge in [0.25, 0.3) is 7.63 Å². The van der Waals surface area contributed by atoms with Gasteiger partial charge in [-0.15, -0.1) is 11.1 Å². The van der Waals surface area contributed by atoms with Crippen LogP contribution in [0.3, 0.4) is 0 Å². The third-order valence-electron chi connectivity index (χ3n) is 1.72. The number of halogens is 4. The Kier molecular flexibility index (Phi) is 7.15. The van der Waals surface area contributed by atoms with Crippen LogP contribution < -0.4 is 0 Å². The zero-order chi connectivity index (χ0) is 12.3. The standard InChI is InChI=1S/C8H18Cl4OSi2/c1-7(2)5-14(9,6-8(3)4)13-15(10,11)12/h7-8H,5-6H2,1-4H3. The predicted octanol–water partition coefficient (Wildman–Crippen LogP) is 5.15. The molecule has 0 aliphatic heterocycles. The van der Waals surface area contributed by atoms with Gasteiger partial charge in [-0.05, 0) is 23.9 Å². The van der Waals surface area contributed by atoms with Crippen molar-refractivity contribution in [2.24, 2.45) is 11.8 Å². The summed E-state index contributed by atoms with van der Waals surface area (Å²) in [7, 11) is -2.37. The average Bonchev–Trinajstić information content (AvgIpc) is 1.73. The molecule has 0 aromatic rings. The van der Waals surface area contributed by atoms with E-state index in [9.17, 15) is 0 Å². The highest BCUT2D eigenvalue weighted by Crippen LogP contribution is 2.36. The molecule has 0 unspecified atom stereocenters. The second-order valence-corrected chi connectivity index (χ2v) is 17.5. The van der Waals surface area contributed by atoms with E-state index in [2.05, 4.69) is 27.7 Å². The number of hydrogen-bond acceptors (Lipinski definition) is 1. The molecule has 0 bridgehead atoms. The largest absolute Gasteiger partial charge is 0.484 e. The third-order valence-corrected chi connectivity index (χ3v) is 10.7. The van der Waals surface area contributed by atoms with Crippen molar-refractivity contribution in [3.8, 4) is 0 Å². The molecule has 7 heteroatoms. The van der Waals surface area contributed by atoms with Crippen LogP contribution in [0.15, 0.2) is 0 Å². The first-order valence-corrected chi connectivity index (χ1v) is 13.3. The van der Waals surface area contributed by atoms with Crippen LogP contribution >= 0.6 is 44.3 Å². The maximum Gasteiger partial charge on any atom is 0.484 e. The lowest BCUT2D eigenvalue weighted by Gasteiger charge is -2.30. The van der Waals surface area contributed by atoms with E-state index in [1.807, 2.05) is 0 Å². The second kappa shape index (κ2) is 6.48. The van der Waals surface area contributed by atoms with Crippen molar-refractivity contribution in [3.05, 3.63) is 0 Å². The lowest BCUT2D eigenvalue weighted by Crippen LogP contribution is -2.41. The quantitative estimate of drug-likeness (QED) is 0.484. The van der Waals surface area contributed by atoms with Gasteiger partial charge < -0.3 is 4.12 Å². The summed E-state index contributed by atoms with van der Waals surface area (Å²) in [6.07, 6.45) is -3.08. The van der Waals surface area contributed by atoms with E-state index in [1.165, 1.54) is 0 Å². The molecule has 0 saturated carbocycles. The first-order valence-electron chi connectivity index (χ1n) is 5.00. The van der Waals surface area contributed by atoms with Gasteiger partial charge in [0.2, 0.25) is 0 Å². The van der Waals surface area contributed by atoms with Crippen LogP contribution in [0.1, 0.15) is 27.7 Å². The first kappa shape index (κ1) is 16.6. The van der Waals surface area contributed by atoms with E-state index in [-0.39, 0.29) is 0 Å². The van der Waals surface area contributed by atoms with Crippen molar-refractivity contribution in [3.63, 3.8) is 0 Å². The molecule has 0 aliphatic rings. The lowest BCUT2D eigenvalue weighted by atomic mass is 10.3. The third kappa shape index (κ3) is 9.27. The summed E-state index contributed by atoms with van der Waals surface area (Å²) >= 11 is 23.9. The van der Waals surface area contributed by atoms with Crippen LogP contribution in [0.2, 0.25) is 12.1 Å². The van der Waals surface area contributed by atoms with E-state index in [0.29, 0.717) is 11.8 Å². The predicted molar refractivity (Wildman–Crippen MR) is 75.3 cm³/mol. The van der Waals surface area contributed by atoms with Crippen molar-refractivity contribution < 1.29 is 4.12 Å². The minimum Gasteiger partial charge on any atom is -0.410 e. The normalized spacial score (nSPS) is 14.0. The molecule has 0 aliphatic carbocycles. The summed E-state index contributed by atoms with van der Waals surface area (Å²) in [5, 5.41) is 0. The van der Waals surface area contributed by atoms with Crippen LogP contribution in [0.25, 0.3) is 0 Å². The number of rotatable bonds is 6. The Labute approximate surface area is 113 Å². The molecular formula is C8H18Cl4OSi2. The summed E-state index contributed by atoms with van der Waals surface area (Å²) in [6, 6.07) is 1.65. The average molecular weight is 328 g/mol. The van der Waals surface area contributed by atoms with E-state index >= 15 is 0 Å². The van der Waals surface area contributed by atoms with Gasteiger partial charge >= 0.3 is 6.25 Å². The van der Waals surface area contributed by atoms with E-state index in [1.54, 1.807) is 0 Å². The summed E-state index contributed by atoms with van der Waals surface area (Å²) in [5.74, 6) is 0.934. The molecule has 0 saturated heterocycles. The van der Waals surface area contributed by atoms with Gasteiger partial charge in [-0.3, -0.25) is 0 Å². The molecule has 0 radical (unpaired) electrons. The Morgan fingerprint density at radius 1 is 0.867 bits per heavy atom. The fourth-order valence-corrected chi connectivity index (χ4v) is 14.5. The first-order chi connectivity index (χ1) is 6.54. The van der Waals surface area contributed by atoms with E-state index < -0.39 is 13.9 Å². The molecule has 0 atom stereocenters. The zero-order valence-corrected chi connectivity index (χ0v) is 14.5. The van der Waals surface area contributed by atoms with Crippen molar-refractivity contribution in [1.29, 1.82) is 0 Å². The molecule has 0 aromatic heterocycles. The molecule has 0 N–H and O–H groups in total. The van der Waals surface area contributed by atoms with Crippen molar-refractivity contribution in [2.75, 3.05) is 0 Å². The summed E-state index contributed by atoms with van der Waals surface area (Å²) in [6.45, 7) is 8.42. The Balaban J connectivity index is 4.54. The SMILES string of the molecule is CC(C)C[Si](Cl)(CC(C)C)O[Si](Cl)(Cl)Cl. The smallest absolute Gasteiger partial charge is 0.410 e. The Hall–Kier alpha value is 1.55. The minimum atomic E-state index is -3.08. The Bertz CT molecular complexity index is 184. The fraction of sp³-hybridized carbons (Fsp3) is 1.00. The molecule has 0 fully saturated rings. The van der Waals surface area contributed by atoms with Gasteiger partial charge in [-0.2, -0.15) is 0 Å². The van der Waals surface area contributed by atoms with Crippen LogP contribution in [-0.4, -0.2) is 13.9 Å². The van der Waals surface area contributed by atoms with Crippen LogP contribution in [0.4, 0.5) is 0 Å². The molecule has 0 rings (SSSR count).